The van der Waals surface area contributed by atoms with Crippen molar-refractivity contribution in [3.63, 3.8) is 0 Å². The van der Waals surface area contributed by atoms with Crippen LogP contribution in [0, 0.1) is 5.41 Å². The minimum Gasteiger partial charge on any atom is -0.508 e. The fourth-order valence-electron chi connectivity index (χ4n) is 1.96. The van der Waals surface area contributed by atoms with Crippen LogP contribution in [0.25, 0.3) is 0 Å². The van der Waals surface area contributed by atoms with Gasteiger partial charge >= 0.3 is 0 Å². The van der Waals surface area contributed by atoms with Gasteiger partial charge in [-0.3, -0.25) is 4.79 Å². The first kappa shape index (κ1) is 13.2. The standard InChI is InChI=1S/C13H16BrNO3/c14-6-5-13(3-4-13)8-15-12(18)10-7-9(16)1-2-11(10)17/h1-2,7,16-17H,3-6,8H2,(H,15,18). The van der Waals surface area contributed by atoms with Gasteiger partial charge in [0.15, 0.2) is 0 Å². The van der Waals surface area contributed by atoms with Crippen molar-refractivity contribution in [2.75, 3.05) is 11.9 Å². The number of benzene rings is 1. The maximum atomic E-state index is 11.9. The summed E-state index contributed by atoms with van der Waals surface area (Å²) in [6.45, 7) is 0.618. The molecule has 4 nitrogen and oxygen atoms in total. The molecule has 5 heteroatoms. The number of alkyl halides is 1. The molecule has 1 aliphatic rings. The van der Waals surface area contributed by atoms with E-state index in [-0.39, 0.29) is 28.4 Å². The number of nitrogens with one attached hydrogen (secondary N) is 1. The average Bonchev–Trinajstić information content (AvgIpc) is 3.10. The van der Waals surface area contributed by atoms with Crippen LogP contribution in [0.2, 0.25) is 0 Å². The lowest BCUT2D eigenvalue weighted by atomic mass is 10.0. The molecule has 18 heavy (non-hydrogen) atoms. The van der Waals surface area contributed by atoms with E-state index in [0.29, 0.717) is 6.54 Å². The maximum Gasteiger partial charge on any atom is 0.255 e. The van der Waals surface area contributed by atoms with Gasteiger partial charge in [0.05, 0.1) is 5.56 Å². The highest BCUT2D eigenvalue weighted by Crippen LogP contribution is 2.48. The van der Waals surface area contributed by atoms with Gasteiger partial charge in [-0.25, -0.2) is 0 Å². The Kier molecular flexibility index (Phi) is 3.80. The topological polar surface area (TPSA) is 69.6 Å². The van der Waals surface area contributed by atoms with E-state index < -0.39 is 0 Å². The van der Waals surface area contributed by atoms with Gasteiger partial charge in [0, 0.05) is 11.9 Å². The van der Waals surface area contributed by atoms with Crippen molar-refractivity contribution in [3.8, 4) is 11.5 Å². The van der Waals surface area contributed by atoms with Crippen LogP contribution in [-0.4, -0.2) is 28.0 Å². The van der Waals surface area contributed by atoms with Gasteiger partial charge < -0.3 is 15.5 Å². The van der Waals surface area contributed by atoms with E-state index >= 15 is 0 Å². The third-order valence-electron chi connectivity index (χ3n) is 3.43. The largest absolute Gasteiger partial charge is 0.508 e. The SMILES string of the molecule is O=C(NCC1(CCBr)CC1)c1cc(O)ccc1O. The van der Waals surface area contributed by atoms with Gasteiger partial charge in [-0.2, -0.15) is 0 Å². The number of carbonyl (C=O) groups is 1. The summed E-state index contributed by atoms with van der Waals surface area (Å²) in [5, 5.41) is 22.6. The van der Waals surface area contributed by atoms with Crippen molar-refractivity contribution in [3.05, 3.63) is 23.8 Å². The highest BCUT2D eigenvalue weighted by Gasteiger charge is 2.41. The highest BCUT2D eigenvalue weighted by molar-refractivity contribution is 9.09. The molecule has 2 rings (SSSR count). The van der Waals surface area contributed by atoms with Crippen molar-refractivity contribution in [2.45, 2.75) is 19.3 Å². The van der Waals surface area contributed by atoms with E-state index in [0.717, 1.165) is 24.6 Å². The van der Waals surface area contributed by atoms with Crippen LogP contribution < -0.4 is 5.32 Å². The molecule has 0 saturated heterocycles. The number of hydrogen-bond donors (Lipinski definition) is 3. The Labute approximate surface area is 114 Å². The molecule has 0 bridgehead atoms. The summed E-state index contributed by atoms with van der Waals surface area (Å²) in [5.74, 6) is -0.487. The molecule has 0 unspecified atom stereocenters. The van der Waals surface area contributed by atoms with Gasteiger partial charge in [0.1, 0.15) is 11.5 Å². The Bertz CT molecular complexity index is 458. The molecule has 1 aromatic carbocycles. The number of amides is 1. The van der Waals surface area contributed by atoms with Crippen molar-refractivity contribution >= 4 is 21.8 Å². The molecule has 1 aliphatic carbocycles. The number of phenols is 2. The Morgan fingerprint density at radius 3 is 2.72 bits per heavy atom. The molecule has 98 valence electrons. The summed E-state index contributed by atoms with van der Waals surface area (Å²) < 4.78 is 0. The Balaban J connectivity index is 1.98. The molecule has 3 N–H and O–H groups in total. The van der Waals surface area contributed by atoms with Crippen molar-refractivity contribution < 1.29 is 15.0 Å². The first-order valence-corrected chi connectivity index (χ1v) is 7.05. The first-order chi connectivity index (χ1) is 8.56. The van der Waals surface area contributed by atoms with Crippen LogP contribution in [0.1, 0.15) is 29.6 Å². The fraction of sp³-hybridized carbons (Fsp3) is 0.462. The molecule has 1 aromatic rings. The molecule has 1 amide bonds. The molecule has 0 spiro atoms. The zero-order chi connectivity index (χ0) is 13.2. The van der Waals surface area contributed by atoms with Gasteiger partial charge in [-0.15, -0.1) is 0 Å². The molecule has 1 saturated carbocycles. The first-order valence-electron chi connectivity index (χ1n) is 5.92. The third-order valence-corrected chi connectivity index (χ3v) is 3.83. The lowest BCUT2D eigenvalue weighted by Crippen LogP contribution is -2.30. The van der Waals surface area contributed by atoms with Crippen molar-refractivity contribution in [1.82, 2.24) is 5.32 Å². The van der Waals surface area contributed by atoms with Crippen LogP contribution in [0.3, 0.4) is 0 Å². The van der Waals surface area contributed by atoms with E-state index in [1.54, 1.807) is 0 Å². The Morgan fingerprint density at radius 1 is 1.39 bits per heavy atom. The van der Waals surface area contributed by atoms with Crippen LogP contribution in [0.4, 0.5) is 0 Å². The summed E-state index contributed by atoms with van der Waals surface area (Å²) in [7, 11) is 0. The zero-order valence-electron chi connectivity index (χ0n) is 9.95. The number of aromatic hydroxyl groups is 2. The summed E-state index contributed by atoms with van der Waals surface area (Å²) in [6, 6.07) is 3.93. The zero-order valence-corrected chi connectivity index (χ0v) is 11.5. The Hall–Kier alpha value is -1.23. The van der Waals surface area contributed by atoms with Crippen LogP contribution in [-0.2, 0) is 0 Å². The minimum atomic E-state index is -0.343. The lowest BCUT2D eigenvalue weighted by molar-refractivity contribution is 0.0941. The molecule has 0 aliphatic heterocycles. The maximum absolute atomic E-state index is 11.9. The average molecular weight is 314 g/mol. The lowest BCUT2D eigenvalue weighted by Gasteiger charge is -2.14. The van der Waals surface area contributed by atoms with E-state index in [1.165, 1.54) is 18.2 Å². The smallest absolute Gasteiger partial charge is 0.255 e. The molecule has 0 atom stereocenters. The highest BCUT2D eigenvalue weighted by atomic mass is 79.9. The molecule has 0 aromatic heterocycles. The quantitative estimate of drug-likeness (QED) is 0.577. The third kappa shape index (κ3) is 2.96. The van der Waals surface area contributed by atoms with Gasteiger partial charge in [0.2, 0.25) is 0 Å². The number of hydrogen-bond acceptors (Lipinski definition) is 3. The second kappa shape index (κ2) is 5.18. The molecule has 1 fully saturated rings. The van der Waals surface area contributed by atoms with Crippen molar-refractivity contribution in [2.24, 2.45) is 5.41 Å². The van der Waals surface area contributed by atoms with E-state index in [4.69, 9.17) is 0 Å². The summed E-state index contributed by atoms with van der Waals surface area (Å²) >= 11 is 3.41. The van der Waals surface area contributed by atoms with E-state index in [1.807, 2.05) is 0 Å². The molecular weight excluding hydrogens is 298 g/mol. The van der Waals surface area contributed by atoms with Gasteiger partial charge in [-0.05, 0) is 42.9 Å². The van der Waals surface area contributed by atoms with E-state index in [9.17, 15) is 15.0 Å². The number of carbonyl (C=O) groups excluding carboxylic acids is 1. The second-order valence-corrected chi connectivity index (χ2v) is 5.62. The van der Waals surface area contributed by atoms with Gasteiger partial charge in [-0.1, -0.05) is 15.9 Å². The Morgan fingerprint density at radius 2 is 2.11 bits per heavy atom. The van der Waals surface area contributed by atoms with Crippen LogP contribution in [0.15, 0.2) is 18.2 Å². The number of rotatable bonds is 5. The summed E-state index contributed by atoms with van der Waals surface area (Å²) in [6.07, 6.45) is 3.30. The van der Waals surface area contributed by atoms with Crippen LogP contribution >= 0.6 is 15.9 Å². The monoisotopic (exact) mass is 313 g/mol. The van der Waals surface area contributed by atoms with Crippen LogP contribution in [0.5, 0.6) is 11.5 Å². The summed E-state index contributed by atoms with van der Waals surface area (Å²) in [4.78, 5) is 11.9. The molecule has 0 heterocycles. The molecule has 0 radical (unpaired) electrons. The summed E-state index contributed by atoms with van der Waals surface area (Å²) in [5.41, 5.74) is 0.343. The normalized spacial score (nSPS) is 16.3. The molecular formula is C13H16BrNO3. The van der Waals surface area contributed by atoms with Gasteiger partial charge in [0.25, 0.3) is 5.91 Å². The fourth-order valence-corrected chi connectivity index (χ4v) is 2.80. The predicted octanol–water partition coefficient (Wildman–Crippen LogP) is 2.39. The second-order valence-electron chi connectivity index (χ2n) is 4.82. The number of halogens is 1. The number of phenolic OH excluding ortho intramolecular Hbond substituents is 2. The van der Waals surface area contributed by atoms with E-state index in [2.05, 4.69) is 21.2 Å². The minimum absolute atomic E-state index is 0.0282. The predicted molar refractivity (Wildman–Crippen MR) is 72.2 cm³/mol. The van der Waals surface area contributed by atoms with Crippen molar-refractivity contribution in [1.29, 1.82) is 0 Å².